The fourth-order valence-corrected chi connectivity index (χ4v) is 2.92. The van der Waals surface area contributed by atoms with Crippen molar-refractivity contribution in [3.8, 4) is 0 Å². The van der Waals surface area contributed by atoms with E-state index in [1.165, 1.54) is 6.92 Å². The molecule has 0 radical (unpaired) electrons. The summed E-state index contributed by atoms with van der Waals surface area (Å²) >= 11 is 0. The first-order chi connectivity index (χ1) is 11.7. The number of amides is 3. The maximum absolute atomic E-state index is 12.8. The van der Waals surface area contributed by atoms with E-state index in [4.69, 9.17) is 0 Å². The van der Waals surface area contributed by atoms with E-state index < -0.39 is 5.41 Å². The lowest BCUT2D eigenvalue weighted by Gasteiger charge is -2.37. The maximum Gasteiger partial charge on any atom is 0.237 e. The summed E-state index contributed by atoms with van der Waals surface area (Å²) in [6.45, 7) is 9.19. The van der Waals surface area contributed by atoms with Gasteiger partial charge in [-0.05, 0) is 31.9 Å². The van der Waals surface area contributed by atoms with Crippen molar-refractivity contribution in [2.24, 2.45) is 5.41 Å². The van der Waals surface area contributed by atoms with Crippen LogP contribution in [-0.4, -0.2) is 53.7 Å². The van der Waals surface area contributed by atoms with E-state index >= 15 is 0 Å². The lowest BCUT2D eigenvalue weighted by Crippen LogP contribution is -2.56. The highest BCUT2D eigenvalue weighted by atomic mass is 16.2. The summed E-state index contributed by atoms with van der Waals surface area (Å²) in [6.07, 6.45) is 0. The van der Waals surface area contributed by atoms with Gasteiger partial charge in [0.25, 0.3) is 0 Å². The third-order valence-electron chi connectivity index (χ3n) is 4.82. The second-order valence-corrected chi connectivity index (χ2v) is 7.03. The predicted octanol–water partition coefficient (Wildman–Crippen LogP) is 1.33. The Morgan fingerprint density at radius 3 is 2.16 bits per heavy atom. The van der Waals surface area contributed by atoms with Gasteiger partial charge in [-0.25, -0.2) is 0 Å². The number of benzene rings is 1. The average molecular weight is 345 g/mol. The van der Waals surface area contributed by atoms with E-state index in [-0.39, 0.29) is 17.7 Å². The fraction of sp³-hybridized carbons (Fsp3) is 0.526. The number of aryl methyl sites for hydroxylation is 1. The zero-order chi connectivity index (χ0) is 18.6. The van der Waals surface area contributed by atoms with Crippen molar-refractivity contribution in [1.29, 1.82) is 0 Å². The molecule has 3 amide bonds. The highest BCUT2D eigenvalue weighted by Crippen LogP contribution is 2.21. The van der Waals surface area contributed by atoms with Gasteiger partial charge in [-0.3, -0.25) is 14.4 Å². The van der Waals surface area contributed by atoms with E-state index in [2.05, 4.69) is 5.32 Å². The number of nitrogens with one attached hydrogen (secondary N) is 1. The van der Waals surface area contributed by atoms with E-state index in [1.54, 1.807) is 23.6 Å². The van der Waals surface area contributed by atoms with Gasteiger partial charge in [0.15, 0.2) is 0 Å². The third-order valence-corrected chi connectivity index (χ3v) is 4.82. The predicted molar refractivity (Wildman–Crippen MR) is 95.6 cm³/mol. The molecule has 2 rings (SSSR count). The summed E-state index contributed by atoms with van der Waals surface area (Å²) in [5.74, 6) is -0.463. The molecule has 1 fully saturated rings. The topological polar surface area (TPSA) is 69.7 Å². The molecular formula is C19H27N3O3. The molecule has 1 aliphatic rings. The summed E-state index contributed by atoms with van der Waals surface area (Å²) < 4.78 is 0. The van der Waals surface area contributed by atoms with Crippen LogP contribution in [0.25, 0.3) is 0 Å². The van der Waals surface area contributed by atoms with Crippen LogP contribution in [-0.2, 0) is 20.9 Å². The summed E-state index contributed by atoms with van der Waals surface area (Å²) in [6, 6.07) is 7.84. The Morgan fingerprint density at radius 2 is 1.60 bits per heavy atom. The molecule has 0 saturated carbocycles. The molecule has 136 valence electrons. The number of rotatable bonds is 4. The first-order valence-electron chi connectivity index (χ1n) is 8.61. The Balaban J connectivity index is 1.95. The number of piperazine rings is 1. The molecule has 0 bridgehead atoms. The van der Waals surface area contributed by atoms with E-state index in [9.17, 15) is 14.4 Å². The molecule has 0 spiro atoms. The average Bonchev–Trinajstić information content (AvgIpc) is 2.60. The van der Waals surface area contributed by atoms with Crippen LogP contribution in [0.3, 0.4) is 0 Å². The lowest BCUT2D eigenvalue weighted by molar-refractivity contribution is -0.151. The SMILES string of the molecule is CC(=O)N1CCN(C(=O)C(C)(C)C(=O)NCc2ccccc2C)CC1. The number of carbonyl (C=O) groups is 3. The number of hydrogen-bond donors (Lipinski definition) is 1. The molecule has 6 nitrogen and oxygen atoms in total. The first-order valence-corrected chi connectivity index (χ1v) is 8.61. The quantitative estimate of drug-likeness (QED) is 0.837. The van der Waals surface area contributed by atoms with Crippen molar-refractivity contribution in [2.75, 3.05) is 26.2 Å². The first kappa shape index (κ1) is 19.0. The summed E-state index contributed by atoms with van der Waals surface area (Å²) in [5.41, 5.74) is 1.00. The molecule has 1 N–H and O–H groups in total. The zero-order valence-corrected chi connectivity index (χ0v) is 15.5. The van der Waals surface area contributed by atoms with Crippen LogP contribution >= 0.6 is 0 Å². The lowest BCUT2D eigenvalue weighted by atomic mass is 9.89. The van der Waals surface area contributed by atoms with E-state index in [0.29, 0.717) is 32.7 Å². The molecule has 6 heteroatoms. The van der Waals surface area contributed by atoms with Crippen molar-refractivity contribution in [3.05, 3.63) is 35.4 Å². The highest BCUT2D eigenvalue weighted by molar-refractivity contribution is 6.04. The monoisotopic (exact) mass is 345 g/mol. The van der Waals surface area contributed by atoms with Crippen LogP contribution in [0.2, 0.25) is 0 Å². The molecule has 1 aromatic carbocycles. The van der Waals surface area contributed by atoms with Crippen LogP contribution < -0.4 is 5.32 Å². The molecule has 0 unspecified atom stereocenters. The van der Waals surface area contributed by atoms with Gasteiger partial charge in [0.2, 0.25) is 17.7 Å². The molecule has 1 saturated heterocycles. The smallest absolute Gasteiger partial charge is 0.237 e. The normalized spacial score (nSPS) is 15.0. The zero-order valence-electron chi connectivity index (χ0n) is 15.5. The Bertz CT molecular complexity index is 662. The Kier molecular flexibility index (Phi) is 5.82. The van der Waals surface area contributed by atoms with Crippen LogP contribution in [0, 0.1) is 12.3 Å². The summed E-state index contributed by atoms with van der Waals surface area (Å²) in [5, 5.41) is 2.88. The minimum Gasteiger partial charge on any atom is -0.351 e. The van der Waals surface area contributed by atoms with Crippen molar-refractivity contribution in [3.63, 3.8) is 0 Å². The van der Waals surface area contributed by atoms with Crippen molar-refractivity contribution in [1.82, 2.24) is 15.1 Å². The van der Waals surface area contributed by atoms with Crippen LogP contribution in [0.1, 0.15) is 31.9 Å². The van der Waals surface area contributed by atoms with Gasteiger partial charge in [-0.1, -0.05) is 24.3 Å². The molecule has 0 atom stereocenters. The Morgan fingerprint density at radius 1 is 1.04 bits per heavy atom. The highest BCUT2D eigenvalue weighted by Gasteiger charge is 2.40. The molecule has 1 aliphatic heterocycles. The number of nitrogens with zero attached hydrogens (tertiary/aromatic N) is 2. The minimum absolute atomic E-state index is 0.0160. The second kappa shape index (κ2) is 7.68. The second-order valence-electron chi connectivity index (χ2n) is 7.03. The van der Waals surface area contributed by atoms with Crippen LogP contribution in [0.5, 0.6) is 0 Å². The minimum atomic E-state index is -1.14. The van der Waals surface area contributed by atoms with Crippen LogP contribution in [0.4, 0.5) is 0 Å². The molecule has 25 heavy (non-hydrogen) atoms. The molecule has 0 aromatic heterocycles. The fourth-order valence-electron chi connectivity index (χ4n) is 2.92. The van der Waals surface area contributed by atoms with Gasteiger partial charge in [0.1, 0.15) is 5.41 Å². The van der Waals surface area contributed by atoms with E-state index in [0.717, 1.165) is 11.1 Å². The summed E-state index contributed by atoms with van der Waals surface area (Å²) in [7, 11) is 0. The van der Waals surface area contributed by atoms with Gasteiger partial charge in [-0.15, -0.1) is 0 Å². The van der Waals surface area contributed by atoms with Crippen molar-refractivity contribution < 1.29 is 14.4 Å². The Labute approximate surface area is 149 Å². The van der Waals surface area contributed by atoms with Gasteiger partial charge >= 0.3 is 0 Å². The molecule has 1 aromatic rings. The standard InChI is InChI=1S/C19H27N3O3/c1-14-7-5-6-8-16(14)13-20-17(24)19(3,4)18(25)22-11-9-21(10-12-22)15(2)23/h5-8H,9-13H2,1-4H3,(H,20,24). The molecule has 1 heterocycles. The third kappa shape index (κ3) is 4.38. The molecule has 0 aliphatic carbocycles. The maximum atomic E-state index is 12.8. The van der Waals surface area contributed by atoms with Crippen molar-refractivity contribution in [2.45, 2.75) is 34.2 Å². The number of hydrogen-bond acceptors (Lipinski definition) is 3. The van der Waals surface area contributed by atoms with Crippen LogP contribution in [0.15, 0.2) is 24.3 Å². The Hall–Kier alpha value is -2.37. The number of carbonyl (C=O) groups excluding carboxylic acids is 3. The van der Waals surface area contributed by atoms with Gasteiger partial charge < -0.3 is 15.1 Å². The molecular weight excluding hydrogens is 318 g/mol. The van der Waals surface area contributed by atoms with Gasteiger partial charge in [-0.2, -0.15) is 0 Å². The summed E-state index contributed by atoms with van der Waals surface area (Å²) in [4.78, 5) is 40.1. The van der Waals surface area contributed by atoms with Gasteiger partial charge in [0.05, 0.1) is 0 Å². The van der Waals surface area contributed by atoms with Crippen molar-refractivity contribution >= 4 is 17.7 Å². The van der Waals surface area contributed by atoms with E-state index in [1.807, 2.05) is 31.2 Å². The largest absolute Gasteiger partial charge is 0.351 e. The van der Waals surface area contributed by atoms with Gasteiger partial charge in [0, 0.05) is 39.6 Å².